The molecule has 0 aromatic heterocycles. The first kappa shape index (κ1) is 20.0. The van der Waals surface area contributed by atoms with E-state index >= 15 is 0 Å². The largest absolute Gasteiger partial charge is 0.229 e. The summed E-state index contributed by atoms with van der Waals surface area (Å²) in [6.45, 7) is 2.26. The summed E-state index contributed by atoms with van der Waals surface area (Å²) in [4.78, 5) is 0. The second-order valence-electron chi connectivity index (χ2n) is 7.16. The maximum atomic E-state index is 12.2. The molecule has 1 rings (SSSR count). The molecule has 0 spiro atoms. The van der Waals surface area contributed by atoms with Gasteiger partial charge in [0.2, 0.25) is 0 Å². The Morgan fingerprint density at radius 3 is 1.64 bits per heavy atom. The minimum absolute atomic E-state index is 0.00984. The van der Waals surface area contributed by atoms with Crippen LogP contribution in [0.3, 0.4) is 0 Å². The van der Waals surface area contributed by atoms with Gasteiger partial charge in [0.1, 0.15) is 0 Å². The van der Waals surface area contributed by atoms with E-state index in [2.05, 4.69) is 6.92 Å². The van der Waals surface area contributed by atoms with Crippen LogP contribution in [0.15, 0.2) is 0 Å². The van der Waals surface area contributed by atoms with E-state index in [1.165, 1.54) is 64.2 Å². The zero-order valence-electron chi connectivity index (χ0n) is 14.8. The van der Waals surface area contributed by atoms with Crippen molar-refractivity contribution < 1.29 is 8.42 Å². The van der Waals surface area contributed by atoms with Crippen LogP contribution < -0.4 is 0 Å². The summed E-state index contributed by atoms with van der Waals surface area (Å²) in [5, 5.41) is -0.00984. The molecule has 0 saturated heterocycles. The van der Waals surface area contributed by atoms with Crippen molar-refractivity contribution in [3.05, 3.63) is 0 Å². The third-order valence-electron chi connectivity index (χ3n) is 5.09. The Morgan fingerprint density at radius 1 is 0.682 bits per heavy atom. The summed E-state index contributed by atoms with van der Waals surface area (Å²) < 4.78 is 24.5. The lowest BCUT2D eigenvalue weighted by molar-refractivity contribution is 0.482. The highest BCUT2D eigenvalue weighted by molar-refractivity contribution is 7.92. The molecule has 0 aromatic carbocycles. The van der Waals surface area contributed by atoms with Crippen molar-refractivity contribution in [2.75, 3.05) is 5.75 Å². The SMILES string of the molecule is CCCCCCCCCCCCCS(=O)(=O)C1CCCCC1. The van der Waals surface area contributed by atoms with Gasteiger partial charge in [0.05, 0.1) is 11.0 Å². The van der Waals surface area contributed by atoms with Gasteiger partial charge in [-0.05, 0) is 19.3 Å². The van der Waals surface area contributed by atoms with Crippen LogP contribution in [0, 0.1) is 0 Å². The summed E-state index contributed by atoms with van der Waals surface area (Å²) in [5.41, 5.74) is 0. The van der Waals surface area contributed by atoms with Crippen molar-refractivity contribution in [3.8, 4) is 0 Å². The van der Waals surface area contributed by atoms with Gasteiger partial charge in [0.15, 0.2) is 9.84 Å². The molecule has 22 heavy (non-hydrogen) atoms. The van der Waals surface area contributed by atoms with Gasteiger partial charge in [-0.15, -0.1) is 0 Å². The van der Waals surface area contributed by atoms with E-state index in [0.29, 0.717) is 5.75 Å². The number of hydrogen-bond acceptors (Lipinski definition) is 2. The maximum Gasteiger partial charge on any atom is 0.153 e. The highest BCUT2D eigenvalue weighted by atomic mass is 32.2. The average Bonchev–Trinajstić information content (AvgIpc) is 2.53. The first-order valence-electron chi connectivity index (χ1n) is 9.88. The van der Waals surface area contributed by atoms with Gasteiger partial charge < -0.3 is 0 Å². The maximum absolute atomic E-state index is 12.2. The van der Waals surface area contributed by atoms with Crippen LogP contribution in [-0.2, 0) is 9.84 Å². The molecule has 3 heteroatoms. The summed E-state index contributed by atoms with van der Waals surface area (Å²) in [6.07, 6.45) is 19.4. The molecule has 1 aliphatic carbocycles. The van der Waals surface area contributed by atoms with Gasteiger partial charge in [-0.2, -0.15) is 0 Å². The Kier molecular flexibility index (Phi) is 11.3. The van der Waals surface area contributed by atoms with Crippen LogP contribution in [0.25, 0.3) is 0 Å². The Labute approximate surface area is 139 Å². The number of hydrogen-bond donors (Lipinski definition) is 0. The molecule has 0 aromatic rings. The lowest BCUT2D eigenvalue weighted by Crippen LogP contribution is -2.26. The monoisotopic (exact) mass is 330 g/mol. The second-order valence-corrected chi connectivity index (χ2v) is 9.56. The quantitative estimate of drug-likeness (QED) is 0.385. The van der Waals surface area contributed by atoms with E-state index in [1.54, 1.807) is 0 Å². The van der Waals surface area contributed by atoms with E-state index in [0.717, 1.165) is 38.5 Å². The fraction of sp³-hybridized carbons (Fsp3) is 1.00. The zero-order valence-corrected chi connectivity index (χ0v) is 15.6. The van der Waals surface area contributed by atoms with Crippen LogP contribution in [0.4, 0.5) is 0 Å². The zero-order chi connectivity index (χ0) is 16.1. The molecule has 2 nitrogen and oxygen atoms in total. The van der Waals surface area contributed by atoms with Gasteiger partial charge in [0, 0.05) is 0 Å². The summed E-state index contributed by atoms with van der Waals surface area (Å²) >= 11 is 0. The third-order valence-corrected chi connectivity index (χ3v) is 7.44. The molecule has 0 atom stereocenters. The highest BCUT2D eigenvalue weighted by Gasteiger charge is 2.26. The van der Waals surface area contributed by atoms with Crippen LogP contribution in [0.5, 0.6) is 0 Å². The number of rotatable bonds is 13. The van der Waals surface area contributed by atoms with Gasteiger partial charge >= 0.3 is 0 Å². The molecular formula is C19H38O2S. The summed E-state index contributed by atoms with van der Waals surface area (Å²) in [6, 6.07) is 0. The first-order chi connectivity index (χ1) is 10.7. The van der Waals surface area contributed by atoms with Crippen molar-refractivity contribution in [3.63, 3.8) is 0 Å². The molecule has 1 fully saturated rings. The predicted molar refractivity (Wildman–Crippen MR) is 97.1 cm³/mol. The summed E-state index contributed by atoms with van der Waals surface area (Å²) in [5.74, 6) is 0.439. The van der Waals surface area contributed by atoms with E-state index in [1.807, 2.05) is 0 Å². The second kappa shape index (κ2) is 12.4. The fourth-order valence-electron chi connectivity index (χ4n) is 3.56. The molecule has 0 bridgehead atoms. The first-order valence-corrected chi connectivity index (χ1v) is 11.6. The minimum atomic E-state index is -2.79. The molecule has 0 N–H and O–H groups in total. The van der Waals surface area contributed by atoms with Gasteiger partial charge in [-0.1, -0.05) is 90.4 Å². The van der Waals surface area contributed by atoms with Crippen LogP contribution in [-0.4, -0.2) is 19.4 Å². The molecule has 1 aliphatic rings. The molecule has 0 unspecified atom stereocenters. The topological polar surface area (TPSA) is 34.1 Å². The number of sulfone groups is 1. The predicted octanol–water partition coefficient (Wildman–Crippen LogP) is 6.04. The normalized spacial score (nSPS) is 17.0. The van der Waals surface area contributed by atoms with Crippen LogP contribution in [0.2, 0.25) is 0 Å². The van der Waals surface area contributed by atoms with Gasteiger partial charge in [0.25, 0.3) is 0 Å². The third kappa shape index (κ3) is 9.17. The van der Waals surface area contributed by atoms with E-state index < -0.39 is 9.84 Å². The average molecular weight is 331 g/mol. The smallest absolute Gasteiger partial charge is 0.153 e. The molecule has 1 saturated carbocycles. The molecule has 0 radical (unpaired) electrons. The van der Waals surface area contributed by atoms with Gasteiger partial charge in [-0.3, -0.25) is 0 Å². The van der Waals surface area contributed by atoms with Crippen molar-refractivity contribution >= 4 is 9.84 Å². The lowest BCUT2D eigenvalue weighted by atomic mass is 10.0. The summed E-state index contributed by atoms with van der Waals surface area (Å²) in [7, 11) is -2.79. The van der Waals surface area contributed by atoms with Crippen molar-refractivity contribution in [1.82, 2.24) is 0 Å². The molecule has 0 amide bonds. The van der Waals surface area contributed by atoms with Gasteiger partial charge in [-0.25, -0.2) is 8.42 Å². The van der Waals surface area contributed by atoms with E-state index in [-0.39, 0.29) is 5.25 Å². The Balaban J connectivity index is 1.92. The van der Waals surface area contributed by atoms with Crippen molar-refractivity contribution in [1.29, 1.82) is 0 Å². The number of unbranched alkanes of at least 4 members (excludes halogenated alkanes) is 10. The molecule has 0 heterocycles. The molecule has 0 aliphatic heterocycles. The van der Waals surface area contributed by atoms with Crippen LogP contribution >= 0.6 is 0 Å². The molecular weight excluding hydrogens is 292 g/mol. The van der Waals surface area contributed by atoms with Crippen molar-refractivity contribution in [2.45, 2.75) is 115 Å². The van der Waals surface area contributed by atoms with E-state index in [9.17, 15) is 8.42 Å². The fourth-order valence-corrected chi connectivity index (χ4v) is 5.55. The highest BCUT2D eigenvalue weighted by Crippen LogP contribution is 2.25. The van der Waals surface area contributed by atoms with Crippen molar-refractivity contribution in [2.24, 2.45) is 0 Å². The standard InChI is InChI=1S/C19H38O2S/c1-2-3-4-5-6-7-8-9-10-11-15-18-22(20,21)19-16-13-12-14-17-19/h19H,2-18H2,1H3. The van der Waals surface area contributed by atoms with Crippen LogP contribution in [0.1, 0.15) is 110 Å². The lowest BCUT2D eigenvalue weighted by Gasteiger charge is -2.21. The molecule has 132 valence electrons. The Morgan fingerprint density at radius 2 is 1.14 bits per heavy atom. The van der Waals surface area contributed by atoms with E-state index in [4.69, 9.17) is 0 Å². The minimum Gasteiger partial charge on any atom is -0.229 e. The Hall–Kier alpha value is -0.0500. The Bertz CT molecular complexity index is 342.